The Bertz CT molecular complexity index is 584. The van der Waals surface area contributed by atoms with Crippen LogP contribution in [0.25, 0.3) is 0 Å². The molecule has 1 aliphatic carbocycles. The molecule has 1 aromatic heterocycles. The lowest BCUT2D eigenvalue weighted by Crippen LogP contribution is -2.70. The van der Waals surface area contributed by atoms with Gasteiger partial charge in [0.25, 0.3) is 5.91 Å². The van der Waals surface area contributed by atoms with Crippen LogP contribution in [0, 0.1) is 0 Å². The number of nitrogens with one attached hydrogen (secondary N) is 1. The molecule has 4 rings (SSSR count). The topological polar surface area (TPSA) is 57.6 Å². The average Bonchev–Trinajstić information content (AvgIpc) is 3.05. The molecule has 3 amide bonds. The molecule has 0 aromatic carbocycles. The van der Waals surface area contributed by atoms with E-state index in [0.717, 1.165) is 5.69 Å². The second-order valence-electron chi connectivity index (χ2n) is 6.14. The van der Waals surface area contributed by atoms with Gasteiger partial charge in [0.15, 0.2) is 0 Å². The van der Waals surface area contributed by atoms with Crippen molar-refractivity contribution in [3.63, 3.8) is 0 Å². The van der Waals surface area contributed by atoms with Crippen LogP contribution in [-0.4, -0.2) is 58.5 Å². The molecule has 3 fully saturated rings. The molecule has 3 aliphatic rings. The van der Waals surface area contributed by atoms with E-state index in [2.05, 4.69) is 9.88 Å². The number of likely N-dealkylation sites (tertiary alicyclic amines) is 1. The van der Waals surface area contributed by atoms with E-state index in [4.69, 9.17) is 0 Å². The monoisotopic (exact) mass is 274 g/mol. The van der Waals surface area contributed by atoms with Crippen molar-refractivity contribution in [1.29, 1.82) is 0 Å². The smallest absolute Gasteiger partial charge is 0.317 e. The van der Waals surface area contributed by atoms with Crippen molar-refractivity contribution >= 4 is 11.9 Å². The number of amides is 3. The Morgan fingerprint density at radius 3 is 2.75 bits per heavy atom. The summed E-state index contributed by atoms with van der Waals surface area (Å²) in [4.78, 5) is 27.7. The van der Waals surface area contributed by atoms with Gasteiger partial charge in [-0.25, -0.2) is 4.79 Å². The van der Waals surface area contributed by atoms with E-state index >= 15 is 0 Å². The van der Waals surface area contributed by atoms with Crippen molar-refractivity contribution in [2.45, 2.75) is 24.4 Å². The highest BCUT2D eigenvalue weighted by atomic mass is 16.2. The van der Waals surface area contributed by atoms with Crippen LogP contribution >= 0.6 is 0 Å². The van der Waals surface area contributed by atoms with Crippen molar-refractivity contribution in [3.05, 3.63) is 24.0 Å². The third-order valence-electron chi connectivity index (χ3n) is 4.78. The van der Waals surface area contributed by atoms with Crippen molar-refractivity contribution in [1.82, 2.24) is 19.7 Å². The van der Waals surface area contributed by atoms with Crippen LogP contribution in [0.5, 0.6) is 0 Å². The Morgan fingerprint density at radius 1 is 1.40 bits per heavy atom. The number of urea groups is 1. The van der Waals surface area contributed by atoms with E-state index in [1.807, 2.05) is 23.2 Å². The summed E-state index contributed by atoms with van der Waals surface area (Å²) in [6.07, 6.45) is 4.33. The van der Waals surface area contributed by atoms with Gasteiger partial charge in [-0.05, 0) is 25.0 Å². The summed E-state index contributed by atoms with van der Waals surface area (Å²) >= 11 is 0. The van der Waals surface area contributed by atoms with Crippen molar-refractivity contribution in [2.24, 2.45) is 0 Å². The van der Waals surface area contributed by atoms with Gasteiger partial charge in [0, 0.05) is 38.9 Å². The zero-order valence-electron chi connectivity index (χ0n) is 11.5. The Labute approximate surface area is 117 Å². The van der Waals surface area contributed by atoms with Crippen LogP contribution in [0.1, 0.15) is 29.4 Å². The number of likely N-dealkylation sites (N-methyl/N-ethyl adjacent to an activating group) is 1. The highest BCUT2D eigenvalue weighted by Gasteiger charge is 2.53. The van der Waals surface area contributed by atoms with E-state index in [9.17, 15) is 9.59 Å². The van der Waals surface area contributed by atoms with Crippen molar-refractivity contribution in [2.75, 3.05) is 26.7 Å². The summed E-state index contributed by atoms with van der Waals surface area (Å²) in [6, 6.07) is 4.30. The summed E-state index contributed by atoms with van der Waals surface area (Å²) in [7, 11) is 1.80. The largest absolute Gasteiger partial charge is 0.340 e. The van der Waals surface area contributed by atoms with Crippen molar-refractivity contribution in [3.8, 4) is 0 Å². The van der Waals surface area contributed by atoms with Gasteiger partial charge >= 0.3 is 6.03 Å². The molecule has 0 atom stereocenters. The molecule has 1 N–H and O–H groups in total. The molecule has 0 radical (unpaired) electrons. The minimum absolute atomic E-state index is 0.0431. The Balaban J connectivity index is 1.49. The zero-order valence-corrected chi connectivity index (χ0v) is 11.5. The minimum Gasteiger partial charge on any atom is -0.340 e. The van der Waals surface area contributed by atoms with E-state index in [0.29, 0.717) is 25.7 Å². The molecule has 6 heteroatoms. The van der Waals surface area contributed by atoms with Crippen LogP contribution in [0.15, 0.2) is 18.3 Å². The van der Waals surface area contributed by atoms with Gasteiger partial charge in [-0.3, -0.25) is 4.79 Å². The lowest BCUT2D eigenvalue weighted by atomic mass is 9.89. The number of nitrogens with zero attached hydrogens (tertiary/aromatic N) is 3. The number of carbonyl (C=O) groups excluding carboxylic acids is 2. The standard InChI is InChI=1S/C14H18N4O2/c1-16-13(20)15-7-14(16)8-17(9-14)12(19)11-3-2-6-18(11)10-4-5-10/h2-3,6,10H,4-5,7-9H2,1H3,(H,15,20). The number of aromatic nitrogens is 1. The first-order chi connectivity index (χ1) is 9.61. The van der Waals surface area contributed by atoms with Gasteiger partial charge in [0.2, 0.25) is 0 Å². The lowest BCUT2D eigenvalue weighted by Gasteiger charge is -2.50. The second kappa shape index (κ2) is 3.77. The number of hydrogen-bond acceptors (Lipinski definition) is 2. The Hall–Kier alpha value is -1.98. The van der Waals surface area contributed by atoms with E-state index < -0.39 is 0 Å². The average molecular weight is 274 g/mol. The minimum atomic E-state index is -0.191. The summed E-state index contributed by atoms with van der Waals surface area (Å²) < 4.78 is 2.09. The molecule has 1 spiro atoms. The van der Waals surface area contributed by atoms with Crippen LogP contribution in [0.3, 0.4) is 0 Å². The maximum atomic E-state index is 12.6. The van der Waals surface area contributed by atoms with Gasteiger partial charge in [0.05, 0.1) is 5.54 Å². The molecule has 2 aliphatic heterocycles. The molecule has 20 heavy (non-hydrogen) atoms. The van der Waals surface area contributed by atoms with Crippen LogP contribution in [0.4, 0.5) is 4.79 Å². The SMILES string of the molecule is CN1C(=O)NCC12CN(C(=O)c1cccn1C1CC1)C2. The van der Waals surface area contributed by atoms with Gasteiger partial charge in [-0.15, -0.1) is 0 Å². The number of hydrogen-bond donors (Lipinski definition) is 1. The fourth-order valence-corrected chi connectivity index (χ4v) is 3.23. The number of carbonyl (C=O) groups is 2. The third-order valence-corrected chi connectivity index (χ3v) is 4.78. The highest BCUT2D eigenvalue weighted by molar-refractivity contribution is 5.94. The first-order valence-electron chi connectivity index (χ1n) is 7.08. The molecular formula is C14H18N4O2. The van der Waals surface area contributed by atoms with E-state index in [1.54, 1.807) is 11.9 Å². The quantitative estimate of drug-likeness (QED) is 0.862. The number of rotatable bonds is 2. The third kappa shape index (κ3) is 1.50. The lowest BCUT2D eigenvalue weighted by molar-refractivity contribution is 0.00700. The van der Waals surface area contributed by atoms with Gasteiger partial charge in [-0.2, -0.15) is 0 Å². The fraction of sp³-hybridized carbons (Fsp3) is 0.571. The Kier molecular flexibility index (Phi) is 2.23. The molecule has 2 saturated heterocycles. The molecule has 1 saturated carbocycles. The fourth-order valence-electron chi connectivity index (χ4n) is 3.23. The van der Waals surface area contributed by atoms with Crippen LogP contribution in [-0.2, 0) is 0 Å². The second-order valence-corrected chi connectivity index (χ2v) is 6.14. The van der Waals surface area contributed by atoms with Gasteiger partial charge in [-0.1, -0.05) is 0 Å². The Morgan fingerprint density at radius 2 is 2.15 bits per heavy atom. The van der Waals surface area contributed by atoms with Crippen molar-refractivity contribution < 1.29 is 9.59 Å². The van der Waals surface area contributed by atoms with E-state index in [-0.39, 0.29) is 17.5 Å². The summed E-state index contributed by atoms with van der Waals surface area (Å²) in [5, 5.41) is 2.84. The maximum Gasteiger partial charge on any atom is 0.317 e. The summed E-state index contributed by atoms with van der Waals surface area (Å²) in [6.45, 7) is 1.88. The summed E-state index contributed by atoms with van der Waals surface area (Å²) in [5.74, 6) is 0.0836. The normalized spacial score (nSPS) is 23.9. The molecule has 1 aromatic rings. The van der Waals surface area contributed by atoms with E-state index in [1.165, 1.54) is 12.8 Å². The molecule has 6 nitrogen and oxygen atoms in total. The van der Waals surface area contributed by atoms with Gasteiger partial charge < -0.3 is 19.7 Å². The molecule has 0 unspecified atom stereocenters. The molecule has 3 heterocycles. The highest BCUT2D eigenvalue weighted by Crippen LogP contribution is 2.37. The first kappa shape index (κ1) is 11.8. The van der Waals surface area contributed by atoms with Gasteiger partial charge in [0.1, 0.15) is 5.69 Å². The van der Waals surface area contributed by atoms with Crippen LogP contribution in [0.2, 0.25) is 0 Å². The summed E-state index contributed by atoms with van der Waals surface area (Å²) in [5.41, 5.74) is 0.589. The first-order valence-corrected chi connectivity index (χ1v) is 7.08. The predicted octanol–water partition coefficient (Wildman–Crippen LogP) is 0.673. The zero-order chi connectivity index (χ0) is 13.9. The maximum absolute atomic E-state index is 12.6. The molecular weight excluding hydrogens is 256 g/mol. The molecule has 0 bridgehead atoms. The molecule has 106 valence electrons. The van der Waals surface area contributed by atoms with Crippen LogP contribution < -0.4 is 5.32 Å². The predicted molar refractivity (Wildman–Crippen MR) is 72.5 cm³/mol.